The number of rotatable bonds is 3. The Hall–Kier alpha value is -0.340. The minimum absolute atomic E-state index is 0.133. The van der Waals surface area contributed by atoms with Gasteiger partial charge in [-0.3, -0.25) is 0 Å². The molecule has 1 atom stereocenters. The Morgan fingerprint density at radius 2 is 1.81 bits per heavy atom. The maximum atomic E-state index is 10.5. The standard InChI is InChI=1S/C14H19BrO/c1-2-14(9-3-4-10-14)13(16)11-5-7-12(15)8-6-11/h5-8,13,16H,2-4,9-10H2,1H3. The molecular formula is C14H19BrO. The lowest BCUT2D eigenvalue weighted by Gasteiger charge is -2.33. The first kappa shape index (κ1) is 12.1. The molecule has 1 unspecified atom stereocenters. The molecule has 1 aromatic rings. The first-order chi connectivity index (χ1) is 7.68. The van der Waals surface area contributed by atoms with Crippen LogP contribution in [0.2, 0.25) is 0 Å². The maximum absolute atomic E-state index is 10.5. The molecule has 0 aromatic heterocycles. The van der Waals surface area contributed by atoms with E-state index in [2.05, 4.69) is 22.9 Å². The van der Waals surface area contributed by atoms with E-state index in [1.165, 1.54) is 25.7 Å². The Morgan fingerprint density at radius 1 is 1.25 bits per heavy atom. The summed E-state index contributed by atoms with van der Waals surface area (Å²) in [6.45, 7) is 2.20. The highest BCUT2D eigenvalue weighted by Crippen LogP contribution is 2.49. The fraction of sp³-hybridized carbons (Fsp3) is 0.571. The molecule has 2 rings (SSSR count). The van der Waals surface area contributed by atoms with Crippen molar-refractivity contribution in [3.8, 4) is 0 Å². The molecule has 0 bridgehead atoms. The van der Waals surface area contributed by atoms with Gasteiger partial charge in [0.1, 0.15) is 0 Å². The molecule has 1 saturated carbocycles. The van der Waals surface area contributed by atoms with Gasteiger partial charge in [0.2, 0.25) is 0 Å². The molecule has 0 saturated heterocycles. The van der Waals surface area contributed by atoms with Crippen molar-refractivity contribution in [1.82, 2.24) is 0 Å². The van der Waals surface area contributed by atoms with Gasteiger partial charge in [-0.2, -0.15) is 0 Å². The van der Waals surface area contributed by atoms with Crippen molar-refractivity contribution in [3.05, 3.63) is 34.3 Å². The van der Waals surface area contributed by atoms with Gasteiger partial charge in [0.25, 0.3) is 0 Å². The van der Waals surface area contributed by atoms with Crippen LogP contribution < -0.4 is 0 Å². The van der Waals surface area contributed by atoms with Crippen LogP contribution in [0.3, 0.4) is 0 Å². The molecule has 1 aliphatic carbocycles. The Morgan fingerprint density at radius 3 is 2.31 bits per heavy atom. The van der Waals surface area contributed by atoms with Crippen molar-refractivity contribution in [2.24, 2.45) is 5.41 Å². The SMILES string of the molecule is CCC1(C(O)c2ccc(Br)cc2)CCCC1. The third-order valence-corrected chi connectivity index (χ3v) is 4.60. The van der Waals surface area contributed by atoms with Gasteiger partial charge in [0, 0.05) is 9.89 Å². The fourth-order valence-electron chi connectivity index (χ4n) is 2.90. The predicted octanol–water partition coefficient (Wildman–Crippen LogP) is 4.45. The topological polar surface area (TPSA) is 20.2 Å². The number of halogens is 1. The summed E-state index contributed by atoms with van der Waals surface area (Å²) in [6, 6.07) is 8.09. The molecule has 0 radical (unpaired) electrons. The average molecular weight is 283 g/mol. The van der Waals surface area contributed by atoms with Gasteiger partial charge in [-0.15, -0.1) is 0 Å². The van der Waals surface area contributed by atoms with Crippen LogP contribution in [0.1, 0.15) is 50.7 Å². The molecule has 1 nitrogen and oxygen atoms in total. The second-order valence-electron chi connectivity index (χ2n) is 4.88. The van der Waals surface area contributed by atoms with Crippen LogP contribution in [-0.4, -0.2) is 5.11 Å². The Labute approximate surface area is 106 Å². The predicted molar refractivity (Wildman–Crippen MR) is 70.3 cm³/mol. The van der Waals surface area contributed by atoms with Crippen molar-refractivity contribution in [1.29, 1.82) is 0 Å². The minimum Gasteiger partial charge on any atom is -0.388 e. The van der Waals surface area contributed by atoms with Crippen LogP contribution in [0.5, 0.6) is 0 Å². The van der Waals surface area contributed by atoms with Crippen LogP contribution in [-0.2, 0) is 0 Å². The Balaban J connectivity index is 2.23. The Kier molecular flexibility index (Phi) is 3.70. The molecule has 16 heavy (non-hydrogen) atoms. The van der Waals surface area contributed by atoms with E-state index in [1.54, 1.807) is 0 Å². The summed E-state index contributed by atoms with van der Waals surface area (Å²) in [5, 5.41) is 10.5. The van der Waals surface area contributed by atoms with Crippen LogP contribution in [0.25, 0.3) is 0 Å². The summed E-state index contributed by atoms with van der Waals surface area (Å²) in [5.41, 5.74) is 1.19. The second-order valence-corrected chi connectivity index (χ2v) is 5.79. The van der Waals surface area contributed by atoms with Crippen LogP contribution >= 0.6 is 15.9 Å². The quantitative estimate of drug-likeness (QED) is 0.868. The van der Waals surface area contributed by atoms with E-state index in [9.17, 15) is 5.11 Å². The van der Waals surface area contributed by atoms with Gasteiger partial charge in [0.05, 0.1) is 6.10 Å². The molecule has 0 spiro atoms. The van der Waals surface area contributed by atoms with Crippen molar-refractivity contribution < 1.29 is 5.11 Å². The number of aliphatic hydroxyl groups is 1. The van der Waals surface area contributed by atoms with Gasteiger partial charge in [0.15, 0.2) is 0 Å². The zero-order valence-corrected chi connectivity index (χ0v) is 11.3. The molecule has 88 valence electrons. The molecule has 1 aliphatic rings. The molecule has 0 heterocycles. The molecule has 0 aliphatic heterocycles. The highest BCUT2D eigenvalue weighted by molar-refractivity contribution is 9.10. The van der Waals surface area contributed by atoms with Gasteiger partial charge in [-0.25, -0.2) is 0 Å². The van der Waals surface area contributed by atoms with Gasteiger partial charge in [-0.05, 0) is 37.0 Å². The summed E-state index contributed by atoms with van der Waals surface area (Å²) in [4.78, 5) is 0. The van der Waals surface area contributed by atoms with E-state index >= 15 is 0 Å². The largest absolute Gasteiger partial charge is 0.388 e. The van der Waals surface area contributed by atoms with Crippen LogP contribution in [0.15, 0.2) is 28.7 Å². The summed E-state index contributed by atoms with van der Waals surface area (Å²) in [6.07, 6.45) is 5.64. The lowest BCUT2D eigenvalue weighted by molar-refractivity contribution is 0.0237. The number of hydrogen-bond acceptors (Lipinski definition) is 1. The summed E-state index contributed by atoms with van der Waals surface area (Å²) in [7, 11) is 0. The zero-order valence-electron chi connectivity index (χ0n) is 9.75. The van der Waals surface area contributed by atoms with Crippen molar-refractivity contribution >= 4 is 15.9 Å². The molecule has 1 N–H and O–H groups in total. The number of benzene rings is 1. The highest BCUT2D eigenvalue weighted by atomic mass is 79.9. The zero-order chi connectivity index (χ0) is 11.6. The minimum atomic E-state index is -0.298. The number of hydrogen-bond donors (Lipinski definition) is 1. The average Bonchev–Trinajstić information content (AvgIpc) is 2.79. The van der Waals surface area contributed by atoms with E-state index in [-0.39, 0.29) is 11.5 Å². The van der Waals surface area contributed by atoms with Gasteiger partial charge in [-0.1, -0.05) is 47.8 Å². The second kappa shape index (κ2) is 4.89. The maximum Gasteiger partial charge on any atom is 0.0846 e. The van der Waals surface area contributed by atoms with E-state index in [1.807, 2.05) is 24.3 Å². The number of aliphatic hydroxyl groups excluding tert-OH is 1. The lowest BCUT2D eigenvalue weighted by atomic mass is 9.75. The molecule has 1 fully saturated rings. The van der Waals surface area contributed by atoms with Crippen LogP contribution in [0.4, 0.5) is 0 Å². The Bertz CT molecular complexity index is 338. The molecule has 2 heteroatoms. The first-order valence-electron chi connectivity index (χ1n) is 6.11. The van der Waals surface area contributed by atoms with E-state index in [0.29, 0.717) is 0 Å². The van der Waals surface area contributed by atoms with Crippen molar-refractivity contribution in [3.63, 3.8) is 0 Å². The smallest absolute Gasteiger partial charge is 0.0846 e. The van der Waals surface area contributed by atoms with E-state index < -0.39 is 0 Å². The van der Waals surface area contributed by atoms with Gasteiger partial charge >= 0.3 is 0 Å². The summed E-state index contributed by atoms with van der Waals surface area (Å²) < 4.78 is 1.07. The van der Waals surface area contributed by atoms with Crippen molar-refractivity contribution in [2.75, 3.05) is 0 Å². The van der Waals surface area contributed by atoms with E-state index in [0.717, 1.165) is 16.5 Å². The molecular weight excluding hydrogens is 264 g/mol. The van der Waals surface area contributed by atoms with Gasteiger partial charge < -0.3 is 5.11 Å². The monoisotopic (exact) mass is 282 g/mol. The highest BCUT2D eigenvalue weighted by Gasteiger charge is 2.39. The lowest BCUT2D eigenvalue weighted by Crippen LogP contribution is -2.24. The molecule has 0 amide bonds. The third kappa shape index (κ3) is 2.18. The van der Waals surface area contributed by atoms with Crippen LogP contribution in [0, 0.1) is 5.41 Å². The van der Waals surface area contributed by atoms with E-state index in [4.69, 9.17) is 0 Å². The third-order valence-electron chi connectivity index (χ3n) is 4.07. The summed E-state index contributed by atoms with van der Waals surface area (Å²) >= 11 is 3.43. The summed E-state index contributed by atoms with van der Waals surface area (Å²) in [5.74, 6) is 0. The van der Waals surface area contributed by atoms with Crippen molar-refractivity contribution in [2.45, 2.75) is 45.1 Å². The molecule has 1 aromatic carbocycles. The first-order valence-corrected chi connectivity index (χ1v) is 6.91. The fourth-order valence-corrected chi connectivity index (χ4v) is 3.16. The normalized spacial score (nSPS) is 20.9.